The fourth-order valence-corrected chi connectivity index (χ4v) is 4.06. The topological polar surface area (TPSA) is 66.4 Å². The molecule has 0 radical (unpaired) electrons. The summed E-state index contributed by atoms with van der Waals surface area (Å²) >= 11 is 0. The standard InChI is InChI=1S/C24H26N4O2/c1-27-15-7-13-21(27)22-14-8-16-28(22)17-23(29)26-20-12-6-5-11-19(20)24(30)25-18-9-3-2-4-10-18/h2-7,9-13,15,22H,8,14,16-17H2,1H3,(H,25,30)(H,26,29). The van der Waals surface area contributed by atoms with E-state index < -0.39 is 0 Å². The van der Waals surface area contributed by atoms with Crippen molar-refractivity contribution in [3.63, 3.8) is 0 Å². The molecule has 0 bridgehead atoms. The molecular formula is C24H26N4O2. The summed E-state index contributed by atoms with van der Waals surface area (Å²) in [5.74, 6) is -0.365. The van der Waals surface area contributed by atoms with Crippen LogP contribution in [0.1, 0.15) is 34.9 Å². The van der Waals surface area contributed by atoms with Crippen LogP contribution >= 0.6 is 0 Å². The Kier molecular flexibility index (Phi) is 5.95. The quantitative estimate of drug-likeness (QED) is 0.654. The molecule has 1 saturated heterocycles. The molecule has 154 valence electrons. The second kappa shape index (κ2) is 8.97. The number of hydrogen-bond donors (Lipinski definition) is 2. The normalized spacial score (nSPS) is 16.4. The summed E-state index contributed by atoms with van der Waals surface area (Å²) in [6.07, 6.45) is 4.15. The van der Waals surface area contributed by atoms with Crippen LogP contribution in [0.3, 0.4) is 0 Å². The van der Waals surface area contributed by atoms with Gasteiger partial charge in [-0.2, -0.15) is 0 Å². The minimum atomic E-state index is -0.250. The monoisotopic (exact) mass is 402 g/mol. The van der Waals surface area contributed by atoms with Crippen LogP contribution in [0.25, 0.3) is 0 Å². The minimum absolute atomic E-state index is 0.115. The van der Waals surface area contributed by atoms with Gasteiger partial charge >= 0.3 is 0 Å². The molecule has 2 N–H and O–H groups in total. The molecule has 0 saturated carbocycles. The zero-order chi connectivity index (χ0) is 20.9. The number of likely N-dealkylation sites (tertiary alicyclic amines) is 1. The Morgan fingerprint density at radius 3 is 2.50 bits per heavy atom. The Hall–Kier alpha value is -3.38. The first-order valence-electron chi connectivity index (χ1n) is 10.2. The lowest BCUT2D eigenvalue weighted by atomic mass is 10.1. The molecule has 1 aliphatic heterocycles. The number of nitrogens with zero attached hydrogens (tertiary/aromatic N) is 2. The molecule has 1 unspecified atom stereocenters. The average Bonchev–Trinajstić information content (AvgIpc) is 3.37. The Morgan fingerprint density at radius 1 is 0.967 bits per heavy atom. The third-order valence-corrected chi connectivity index (χ3v) is 5.51. The maximum Gasteiger partial charge on any atom is 0.257 e. The van der Waals surface area contributed by atoms with Crippen molar-refractivity contribution < 1.29 is 9.59 Å². The molecule has 0 aliphatic carbocycles. The van der Waals surface area contributed by atoms with Gasteiger partial charge in [-0.15, -0.1) is 0 Å². The highest BCUT2D eigenvalue weighted by atomic mass is 16.2. The number of rotatable bonds is 6. The maximum absolute atomic E-state index is 12.8. The SMILES string of the molecule is Cn1cccc1C1CCCN1CC(=O)Nc1ccccc1C(=O)Nc1ccccc1. The van der Waals surface area contributed by atoms with Gasteiger partial charge in [-0.25, -0.2) is 0 Å². The number of nitrogens with one attached hydrogen (secondary N) is 2. The van der Waals surface area contributed by atoms with E-state index in [9.17, 15) is 9.59 Å². The van der Waals surface area contributed by atoms with Gasteiger partial charge in [0.25, 0.3) is 5.91 Å². The molecule has 1 aromatic heterocycles. The van der Waals surface area contributed by atoms with E-state index >= 15 is 0 Å². The first-order chi connectivity index (χ1) is 14.6. The Bertz CT molecular complexity index is 1030. The molecule has 0 spiro atoms. The summed E-state index contributed by atoms with van der Waals surface area (Å²) in [5, 5.41) is 5.81. The first-order valence-corrected chi connectivity index (χ1v) is 10.2. The van der Waals surface area contributed by atoms with E-state index in [4.69, 9.17) is 0 Å². The van der Waals surface area contributed by atoms with Gasteiger partial charge in [0.05, 0.1) is 23.8 Å². The third-order valence-electron chi connectivity index (χ3n) is 5.51. The summed E-state index contributed by atoms with van der Waals surface area (Å²) in [5.41, 5.74) is 2.90. The smallest absolute Gasteiger partial charge is 0.257 e. The van der Waals surface area contributed by atoms with Gasteiger partial charge in [0.15, 0.2) is 0 Å². The number of hydrogen-bond acceptors (Lipinski definition) is 3. The lowest BCUT2D eigenvalue weighted by Gasteiger charge is -2.24. The predicted molar refractivity (Wildman–Crippen MR) is 118 cm³/mol. The van der Waals surface area contributed by atoms with Gasteiger partial charge in [-0.1, -0.05) is 30.3 Å². The van der Waals surface area contributed by atoms with Crippen LogP contribution < -0.4 is 10.6 Å². The number of carbonyl (C=O) groups excluding carboxylic acids is 2. The van der Waals surface area contributed by atoms with E-state index in [2.05, 4.69) is 26.2 Å². The van der Waals surface area contributed by atoms with Crippen LogP contribution in [0.2, 0.25) is 0 Å². The van der Waals surface area contributed by atoms with E-state index in [0.29, 0.717) is 23.5 Å². The van der Waals surface area contributed by atoms with Crippen molar-refractivity contribution in [1.29, 1.82) is 0 Å². The lowest BCUT2D eigenvalue weighted by Crippen LogP contribution is -2.34. The minimum Gasteiger partial charge on any atom is -0.353 e. The predicted octanol–water partition coefficient (Wildman–Crippen LogP) is 4.05. The fourth-order valence-electron chi connectivity index (χ4n) is 4.06. The highest BCUT2D eigenvalue weighted by Crippen LogP contribution is 2.31. The number of aryl methyl sites for hydroxylation is 1. The van der Waals surface area contributed by atoms with Crippen LogP contribution in [0.15, 0.2) is 72.9 Å². The van der Waals surface area contributed by atoms with Crippen molar-refractivity contribution in [3.8, 4) is 0 Å². The zero-order valence-electron chi connectivity index (χ0n) is 17.0. The van der Waals surface area contributed by atoms with Crippen molar-refractivity contribution in [3.05, 3.63) is 84.2 Å². The molecule has 1 atom stereocenters. The molecule has 2 heterocycles. The molecule has 30 heavy (non-hydrogen) atoms. The van der Waals surface area contributed by atoms with Gasteiger partial charge in [-0.3, -0.25) is 14.5 Å². The number of para-hydroxylation sites is 2. The maximum atomic E-state index is 12.8. The zero-order valence-corrected chi connectivity index (χ0v) is 17.0. The van der Waals surface area contributed by atoms with Crippen LogP contribution in [-0.2, 0) is 11.8 Å². The summed E-state index contributed by atoms with van der Waals surface area (Å²) in [7, 11) is 2.04. The highest BCUT2D eigenvalue weighted by Gasteiger charge is 2.29. The number of benzene rings is 2. The van der Waals surface area contributed by atoms with E-state index in [1.54, 1.807) is 18.2 Å². The number of carbonyl (C=O) groups is 2. The van der Waals surface area contributed by atoms with Crippen molar-refractivity contribution in [2.75, 3.05) is 23.7 Å². The van der Waals surface area contributed by atoms with Crippen LogP contribution in [0, 0.1) is 0 Å². The lowest BCUT2D eigenvalue weighted by molar-refractivity contribution is -0.117. The van der Waals surface area contributed by atoms with E-state index in [-0.39, 0.29) is 17.9 Å². The number of amides is 2. The second-order valence-electron chi connectivity index (χ2n) is 7.59. The second-order valence-corrected chi connectivity index (χ2v) is 7.59. The molecule has 1 aliphatic rings. The third kappa shape index (κ3) is 4.44. The molecular weight excluding hydrogens is 376 g/mol. The summed E-state index contributed by atoms with van der Waals surface area (Å²) in [6.45, 7) is 1.18. The van der Waals surface area contributed by atoms with Gasteiger partial charge in [0.2, 0.25) is 5.91 Å². The van der Waals surface area contributed by atoms with Crippen molar-refractivity contribution in [2.45, 2.75) is 18.9 Å². The first kappa shape index (κ1) is 19.9. The van der Waals surface area contributed by atoms with E-state index in [1.165, 1.54) is 5.69 Å². The molecule has 2 aromatic carbocycles. The molecule has 3 aromatic rings. The van der Waals surface area contributed by atoms with Gasteiger partial charge in [-0.05, 0) is 55.8 Å². The van der Waals surface area contributed by atoms with Crippen molar-refractivity contribution in [1.82, 2.24) is 9.47 Å². The Morgan fingerprint density at radius 2 is 1.73 bits per heavy atom. The molecule has 1 fully saturated rings. The summed E-state index contributed by atoms with van der Waals surface area (Å²) in [4.78, 5) is 27.7. The Labute approximate surface area is 176 Å². The van der Waals surface area contributed by atoms with Gasteiger partial charge < -0.3 is 15.2 Å². The fraction of sp³-hybridized carbons (Fsp3) is 0.250. The Balaban J connectivity index is 1.44. The van der Waals surface area contributed by atoms with Gasteiger partial charge in [0.1, 0.15) is 0 Å². The van der Waals surface area contributed by atoms with Crippen LogP contribution in [0.4, 0.5) is 11.4 Å². The molecule has 2 amide bonds. The average molecular weight is 402 g/mol. The highest BCUT2D eigenvalue weighted by molar-refractivity contribution is 6.10. The molecule has 4 rings (SSSR count). The molecule has 6 heteroatoms. The van der Waals surface area contributed by atoms with E-state index in [1.807, 2.05) is 55.7 Å². The van der Waals surface area contributed by atoms with Crippen molar-refractivity contribution >= 4 is 23.2 Å². The largest absolute Gasteiger partial charge is 0.353 e. The number of aromatic nitrogens is 1. The summed E-state index contributed by atoms with van der Waals surface area (Å²) in [6, 6.07) is 20.8. The summed E-state index contributed by atoms with van der Waals surface area (Å²) < 4.78 is 2.12. The van der Waals surface area contributed by atoms with Gasteiger partial charge in [0, 0.05) is 24.6 Å². The van der Waals surface area contributed by atoms with Crippen molar-refractivity contribution in [2.24, 2.45) is 7.05 Å². The van der Waals surface area contributed by atoms with Crippen LogP contribution in [0.5, 0.6) is 0 Å². The van der Waals surface area contributed by atoms with E-state index in [0.717, 1.165) is 19.4 Å². The van der Waals surface area contributed by atoms with Crippen LogP contribution in [-0.4, -0.2) is 34.4 Å². The molecule has 6 nitrogen and oxygen atoms in total. The number of anilines is 2.